The van der Waals surface area contributed by atoms with Crippen molar-refractivity contribution in [2.24, 2.45) is 0 Å². The van der Waals surface area contributed by atoms with Crippen molar-refractivity contribution < 1.29 is 17.9 Å². The van der Waals surface area contributed by atoms with Crippen molar-refractivity contribution in [1.29, 1.82) is 0 Å². The highest BCUT2D eigenvalue weighted by molar-refractivity contribution is 7.89. The fourth-order valence-corrected chi connectivity index (χ4v) is 3.95. The van der Waals surface area contributed by atoms with Crippen LogP contribution in [0.25, 0.3) is 0 Å². The van der Waals surface area contributed by atoms with Gasteiger partial charge in [-0.3, -0.25) is 4.79 Å². The average molecular weight is 340 g/mol. The normalized spacial score (nSPS) is 15.6. The molecule has 1 aromatic carbocycles. The summed E-state index contributed by atoms with van der Waals surface area (Å²) in [6.45, 7) is 4.10. The summed E-state index contributed by atoms with van der Waals surface area (Å²) in [5, 5.41) is 2.96. The zero-order valence-electron chi connectivity index (χ0n) is 13.6. The maximum atomic E-state index is 12.3. The lowest BCUT2D eigenvalue weighted by molar-refractivity contribution is 0.0937. The third kappa shape index (κ3) is 4.45. The Hall–Kier alpha value is -1.60. The molecule has 1 aliphatic rings. The molecule has 1 aromatic rings. The van der Waals surface area contributed by atoms with E-state index in [2.05, 4.69) is 10.0 Å². The van der Waals surface area contributed by atoms with Gasteiger partial charge in [-0.05, 0) is 38.0 Å². The average Bonchev–Trinajstić information content (AvgIpc) is 3.00. The van der Waals surface area contributed by atoms with Crippen molar-refractivity contribution in [2.45, 2.75) is 50.5 Å². The van der Waals surface area contributed by atoms with Gasteiger partial charge in [-0.25, -0.2) is 13.1 Å². The van der Waals surface area contributed by atoms with Gasteiger partial charge in [0.1, 0.15) is 10.6 Å². The molecule has 1 saturated carbocycles. The molecule has 128 valence electrons. The van der Waals surface area contributed by atoms with E-state index in [1.54, 1.807) is 19.9 Å². The molecule has 1 amide bonds. The quantitative estimate of drug-likeness (QED) is 0.796. The third-order valence-corrected chi connectivity index (χ3v) is 5.39. The Kier molecular flexibility index (Phi) is 6.01. The zero-order chi connectivity index (χ0) is 16.9. The van der Waals surface area contributed by atoms with Crippen LogP contribution in [0.15, 0.2) is 23.1 Å². The number of rotatable bonds is 7. The second-order valence-corrected chi connectivity index (χ2v) is 7.29. The maximum Gasteiger partial charge on any atom is 0.251 e. The van der Waals surface area contributed by atoms with Gasteiger partial charge in [-0.2, -0.15) is 0 Å². The lowest BCUT2D eigenvalue weighted by Gasteiger charge is -2.15. The molecule has 0 atom stereocenters. The van der Waals surface area contributed by atoms with Crippen LogP contribution in [0, 0.1) is 0 Å². The summed E-state index contributed by atoms with van der Waals surface area (Å²) in [4.78, 5) is 12.3. The largest absolute Gasteiger partial charge is 0.492 e. The molecule has 0 bridgehead atoms. The lowest BCUT2D eigenvalue weighted by atomic mass is 10.1. The molecule has 2 rings (SSSR count). The number of benzene rings is 1. The molecule has 0 unspecified atom stereocenters. The topological polar surface area (TPSA) is 84.5 Å². The molecule has 0 aromatic heterocycles. The number of hydrogen-bond acceptors (Lipinski definition) is 4. The Labute approximate surface area is 137 Å². The van der Waals surface area contributed by atoms with Crippen LogP contribution in [0.1, 0.15) is 49.9 Å². The number of carbonyl (C=O) groups is 1. The van der Waals surface area contributed by atoms with E-state index in [0.717, 1.165) is 25.7 Å². The van der Waals surface area contributed by atoms with Crippen LogP contribution in [-0.2, 0) is 10.0 Å². The first kappa shape index (κ1) is 17.7. The molecule has 2 N–H and O–H groups in total. The van der Waals surface area contributed by atoms with Crippen molar-refractivity contribution in [3.8, 4) is 5.75 Å². The molecule has 1 fully saturated rings. The fraction of sp³-hybridized carbons (Fsp3) is 0.562. The van der Waals surface area contributed by atoms with Crippen LogP contribution in [0.4, 0.5) is 0 Å². The molecular weight excluding hydrogens is 316 g/mol. The van der Waals surface area contributed by atoms with Crippen LogP contribution in [0.2, 0.25) is 0 Å². The Morgan fingerprint density at radius 3 is 2.57 bits per heavy atom. The second-order valence-electron chi connectivity index (χ2n) is 5.55. The summed E-state index contributed by atoms with van der Waals surface area (Å²) in [5.74, 6) is 0.0127. The van der Waals surface area contributed by atoms with Crippen LogP contribution in [0.3, 0.4) is 0 Å². The molecule has 0 saturated heterocycles. The minimum absolute atomic E-state index is 0.000252. The summed E-state index contributed by atoms with van der Waals surface area (Å²) in [5.41, 5.74) is 0.330. The molecule has 23 heavy (non-hydrogen) atoms. The van der Waals surface area contributed by atoms with Gasteiger partial charge >= 0.3 is 0 Å². The van der Waals surface area contributed by atoms with E-state index in [1.807, 2.05) is 0 Å². The number of nitrogens with one attached hydrogen (secondary N) is 2. The summed E-state index contributed by atoms with van der Waals surface area (Å²) >= 11 is 0. The van der Waals surface area contributed by atoms with Gasteiger partial charge in [0.15, 0.2) is 0 Å². The Morgan fingerprint density at radius 1 is 1.26 bits per heavy atom. The van der Waals surface area contributed by atoms with Crippen molar-refractivity contribution in [2.75, 3.05) is 13.2 Å². The monoisotopic (exact) mass is 340 g/mol. The third-order valence-electron chi connectivity index (χ3n) is 3.82. The number of sulfonamides is 1. The molecule has 0 radical (unpaired) electrons. The maximum absolute atomic E-state index is 12.3. The van der Waals surface area contributed by atoms with Crippen molar-refractivity contribution in [3.05, 3.63) is 23.8 Å². The predicted molar refractivity (Wildman–Crippen MR) is 88.2 cm³/mol. The first-order valence-electron chi connectivity index (χ1n) is 8.05. The summed E-state index contributed by atoms with van der Waals surface area (Å²) < 4.78 is 32.5. The number of amides is 1. The Bertz CT molecular complexity index is 652. The Morgan fingerprint density at radius 2 is 1.96 bits per heavy atom. The lowest BCUT2D eigenvalue weighted by Crippen LogP contribution is -2.33. The molecule has 7 heteroatoms. The van der Waals surface area contributed by atoms with Crippen LogP contribution in [0.5, 0.6) is 5.75 Å². The fourth-order valence-electron chi connectivity index (χ4n) is 2.74. The van der Waals surface area contributed by atoms with Crippen LogP contribution in [-0.4, -0.2) is 33.5 Å². The highest BCUT2D eigenvalue weighted by Crippen LogP contribution is 2.26. The van der Waals surface area contributed by atoms with Crippen molar-refractivity contribution in [3.63, 3.8) is 0 Å². The standard InChI is InChI=1S/C16H24N2O4S/c1-3-17-23(20,21)15-11-12(9-10-14(15)22-4-2)16(19)18-13-7-5-6-8-13/h9-11,13,17H,3-8H2,1-2H3,(H,18,19). The van der Waals surface area contributed by atoms with Gasteiger partial charge in [0.05, 0.1) is 6.61 Å². The molecule has 1 aliphatic carbocycles. The van der Waals surface area contributed by atoms with Gasteiger partial charge in [0.25, 0.3) is 5.91 Å². The van der Waals surface area contributed by atoms with E-state index in [0.29, 0.717) is 12.2 Å². The minimum Gasteiger partial charge on any atom is -0.492 e. The van der Waals surface area contributed by atoms with Gasteiger partial charge in [0.2, 0.25) is 10.0 Å². The van der Waals surface area contributed by atoms with Crippen LogP contribution < -0.4 is 14.8 Å². The van der Waals surface area contributed by atoms with Gasteiger partial charge in [0, 0.05) is 18.2 Å². The van der Waals surface area contributed by atoms with E-state index < -0.39 is 10.0 Å². The Balaban J connectivity index is 2.29. The molecule has 0 heterocycles. The first-order valence-corrected chi connectivity index (χ1v) is 9.53. The molecule has 0 spiro atoms. The molecule has 6 nitrogen and oxygen atoms in total. The summed E-state index contributed by atoms with van der Waals surface area (Å²) in [7, 11) is -3.70. The van der Waals surface area contributed by atoms with E-state index in [1.165, 1.54) is 12.1 Å². The number of ether oxygens (including phenoxy) is 1. The summed E-state index contributed by atoms with van der Waals surface area (Å²) in [6.07, 6.45) is 4.19. The van der Waals surface area contributed by atoms with Crippen molar-refractivity contribution in [1.82, 2.24) is 10.0 Å². The zero-order valence-corrected chi connectivity index (χ0v) is 14.4. The van der Waals surface area contributed by atoms with E-state index in [9.17, 15) is 13.2 Å². The van der Waals surface area contributed by atoms with E-state index in [4.69, 9.17) is 4.74 Å². The minimum atomic E-state index is -3.70. The molecule has 0 aliphatic heterocycles. The van der Waals surface area contributed by atoms with Gasteiger partial charge in [-0.15, -0.1) is 0 Å². The smallest absolute Gasteiger partial charge is 0.251 e. The van der Waals surface area contributed by atoms with E-state index >= 15 is 0 Å². The highest BCUT2D eigenvalue weighted by atomic mass is 32.2. The van der Waals surface area contributed by atoms with E-state index in [-0.39, 0.29) is 29.1 Å². The predicted octanol–water partition coefficient (Wildman–Crippen LogP) is 2.06. The number of carbonyl (C=O) groups excluding carboxylic acids is 1. The van der Waals surface area contributed by atoms with Gasteiger partial charge in [-0.1, -0.05) is 19.8 Å². The summed E-state index contributed by atoms with van der Waals surface area (Å²) in [6, 6.07) is 4.70. The van der Waals surface area contributed by atoms with Gasteiger partial charge < -0.3 is 10.1 Å². The second kappa shape index (κ2) is 7.79. The number of hydrogen-bond donors (Lipinski definition) is 2. The first-order chi connectivity index (χ1) is 11.0. The molecular formula is C16H24N2O4S. The SMILES string of the molecule is CCNS(=O)(=O)c1cc(C(=O)NC2CCCC2)ccc1OCC. The van der Waals surface area contributed by atoms with Crippen LogP contribution >= 0.6 is 0 Å². The highest BCUT2D eigenvalue weighted by Gasteiger charge is 2.23. The van der Waals surface area contributed by atoms with Crippen molar-refractivity contribution >= 4 is 15.9 Å².